The summed E-state index contributed by atoms with van der Waals surface area (Å²) in [5.74, 6) is 0.517. The van der Waals surface area contributed by atoms with Crippen molar-refractivity contribution in [2.75, 3.05) is 30.3 Å². The number of hydrogen-bond donors (Lipinski definition) is 2. The largest absolute Gasteiger partial charge is 0.395 e. The van der Waals surface area contributed by atoms with Gasteiger partial charge in [0.05, 0.1) is 18.5 Å². The Balaban J connectivity index is 2.73. The molecule has 1 aromatic heterocycles. The van der Waals surface area contributed by atoms with Crippen LogP contribution in [-0.2, 0) is 0 Å². The molecule has 1 heterocycles. The summed E-state index contributed by atoms with van der Waals surface area (Å²) in [4.78, 5) is 6.02. The SMILES string of the molecule is CCN(CCO)c1ccc(N)nc1. The molecule has 4 nitrogen and oxygen atoms in total. The molecular formula is C9H15N3O. The lowest BCUT2D eigenvalue weighted by atomic mass is 10.3. The maximum atomic E-state index is 8.80. The van der Waals surface area contributed by atoms with E-state index in [1.54, 1.807) is 12.3 Å². The van der Waals surface area contributed by atoms with Gasteiger partial charge in [0.15, 0.2) is 0 Å². The average molecular weight is 181 g/mol. The molecule has 3 N–H and O–H groups in total. The zero-order valence-electron chi connectivity index (χ0n) is 7.77. The predicted octanol–water partition coefficient (Wildman–Crippen LogP) is 0.482. The van der Waals surface area contributed by atoms with Crippen LogP contribution in [0.2, 0.25) is 0 Å². The van der Waals surface area contributed by atoms with Gasteiger partial charge in [0.1, 0.15) is 5.82 Å². The van der Waals surface area contributed by atoms with E-state index in [-0.39, 0.29) is 6.61 Å². The second-order valence-corrected chi connectivity index (χ2v) is 2.74. The number of nitrogens with two attached hydrogens (primary N) is 1. The number of likely N-dealkylation sites (N-methyl/N-ethyl adjacent to an activating group) is 1. The van der Waals surface area contributed by atoms with Gasteiger partial charge in [-0.1, -0.05) is 0 Å². The molecule has 1 rings (SSSR count). The minimum atomic E-state index is 0.151. The van der Waals surface area contributed by atoms with Crippen molar-refractivity contribution in [2.24, 2.45) is 0 Å². The summed E-state index contributed by atoms with van der Waals surface area (Å²) in [7, 11) is 0. The van der Waals surface area contributed by atoms with E-state index in [4.69, 9.17) is 10.8 Å². The number of aliphatic hydroxyl groups excluding tert-OH is 1. The third kappa shape index (κ3) is 2.59. The molecule has 0 radical (unpaired) electrons. The maximum Gasteiger partial charge on any atom is 0.123 e. The topological polar surface area (TPSA) is 62.4 Å². The lowest BCUT2D eigenvalue weighted by Gasteiger charge is -2.21. The van der Waals surface area contributed by atoms with Gasteiger partial charge in [-0.05, 0) is 19.1 Å². The number of nitrogen functional groups attached to an aromatic ring is 1. The smallest absolute Gasteiger partial charge is 0.123 e. The first-order valence-corrected chi connectivity index (χ1v) is 4.35. The van der Waals surface area contributed by atoms with E-state index >= 15 is 0 Å². The maximum absolute atomic E-state index is 8.80. The van der Waals surface area contributed by atoms with Crippen LogP contribution in [0.1, 0.15) is 6.92 Å². The van der Waals surface area contributed by atoms with Crippen LogP contribution in [0, 0.1) is 0 Å². The number of aliphatic hydroxyl groups is 1. The molecule has 0 fully saturated rings. The summed E-state index contributed by atoms with van der Waals surface area (Å²) in [5, 5.41) is 8.80. The zero-order chi connectivity index (χ0) is 9.68. The molecule has 0 unspecified atom stereocenters. The second kappa shape index (κ2) is 4.67. The van der Waals surface area contributed by atoms with Crippen molar-refractivity contribution in [2.45, 2.75) is 6.92 Å². The Morgan fingerprint density at radius 2 is 2.31 bits per heavy atom. The molecule has 0 bridgehead atoms. The number of rotatable bonds is 4. The van der Waals surface area contributed by atoms with Gasteiger partial charge in [-0.25, -0.2) is 4.98 Å². The Bertz CT molecular complexity index is 248. The quantitative estimate of drug-likeness (QED) is 0.709. The van der Waals surface area contributed by atoms with Crippen LogP contribution >= 0.6 is 0 Å². The number of nitrogens with zero attached hydrogens (tertiary/aromatic N) is 2. The van der Waals surface area contributed by atoms with Crippen LogP contribution in [0.4, 0.5) is 11.5 Å². The monoisotopic (exact) mass is 181 g/mol. The fourth-order valence-electron chi connectivity index (χ4n) is 1.18. The van der Waals surface area contributed by atoms with Gasteiger partial charge in [0, 0.05) is 13.1 Å². The molecule has 0 aromatic carbocycles. The molecule has 0 saturated carbocycles. The fourth-order valence-corrected chi connectivity index (χ4v) is 1.18. The van der Waals surface area contributed by atoms with Crippen molar-refractivity contribution >= 4 is 11.5 Å². The van der Waals surface area contributed by atoms with E-state index in [2.05, 4.69) is 4.98 Å². The Labute approximate surface area is 78.0 Å². The van der Waals surface area contributed by atoms with E-state index in [0.717, 1.165) is 12.2 Å². The Morgan fingerprint density at radius 3 is 2.77 bits per heavy atom. The van der Waals surface area contributed by atoms with E-state index in [9.17, 15) is 0 Å². The summed E-state index contributed by atoms with van der Waals surface area (Å²) in [5.41, 5.74) is 6.45. The van der Waals surface area contributed by atoms with Gasteiger partial charge in [0.25, 0.3) is 0 Å². The van der Waals surface area contributed by atoms with Crippen molar-refractivity contribution in [1.82, 2.24) is 4.98 Å². The fraction of sp³-hybridized carbons (Fsp3) is 0.444. The van der Waals surface area contributed by atoms with Crippen LogP contribution in [0.5, 0.6) is 0 Å². The number of hydrogen-bond acceptors (Lipinski definition) is 4. The van der Waals surface area contributed by atoms with Crippen LogP contribution in [0.15, 0.2) is 18.3 Å². The van der Waals surface area contributed by atoms with Gasteiger partial charge >= 0.3 is 0 Å². The van der Waals surface area contributed by atoms with Gasteiger partial charge in [-0.2, -0.15) is 0 Å². The first-order valence-electron chi connectivity index (χ1n) is 4.35. The Hall–Kier alpha value is -1.29. The minimum absolute atomic E-state index is 0.151. The van der Waals surface area contributed by atoms with Gasteiger partial charge in [-0.15, -0.1) is 0 Å². The van der Waals surface area contributed by atoms with Crippen molar-refractivity contribution in [3.63, 3.8) is 0 Å². The predicted molar refractivity (Wildman–Crippen MR) is 53.6 cm³/mol. The Kier molecular flexibility index (Phi) is 3.52. The normalized spacial score (nSPS) is 10.0. The molecule has 4 heteroatoms. The van der Waals surface area contributed by atoms with E-state index < -0.39 is 0 Å². The van der Waals surface area contributed by atoms with E-state index in [1.165, 1.54) is 0 Å². The minimum Gasteiger partial charge on any atom is -0.395 e. The number of pyridine rings is 1. The number of anilines is 2. The van der Waals surface area contributed by atoms with Crippen LogP contribution < -0.4 is 10.6 Å². The van der Waals surface area contributed by atoms with Gasteiger partial charge in [-0.3, -0.25) is 0 Å². The summed E-state index contributed by atoms with van der Waals surface area (Å²) >= 11 is 0. The molecule has 72 valence electrons. The molecule has 0 aliphatic rings. The lowest BCUT2D eigenvalue weighted by molar-refractivity contribution is 0.302. The highest BCUT2D eigenvalue weighted by Gasteiger charge is 2.02. The van der Waals surface area contributed by atoms with Crippen LogP contribution in [-0.4, -0.2) is 29.8 Å². The highest BCUT2D eigenvalue weighted by atomic mass is 16.3. The molecule has 0 aliphatic carbocycles. The van der Waals surface area contributed by atoms with Gasteiger partial charge in [0.2, 0.25) is 0 Å². The molecule has 0 atom stereocenters. The highest BCUT2D eigenvalue weighted by molar-refractivity contribution is 5.47. The van der Waals surface area contributed by atoms with Crippen molar-refractivity contribution < 1.29 is 5.11 Å². The van der Waals surface area contributed by atoms with E-state index in [1.807, 2.05) is 17.9 Å². The summed E-state index contributed by atoms with van der Waals surface area (Å²) in [6.07, 6.45) is 1.72. The first-order chi connectivity index (χ1) is 6.27. The summed E-state index contributed by atoms with van der Waals surface area (Å²) < 4.78 is 0. The lowest BCUT2D eigenvalue weighted by Crippen LogP contribution is -2.26. The number of aromatic nitrogens is 1. The third-order valence-electron chi connectivity index (χ3n) is 1.89. The van der Waals surface area contributed by atoms with Crippen molar-refractivity contribution in [1.29, 1.82) is 0 Å². The van der Waals surface area contributed by atoms with Gasteiger partial charge < -0.3 is 15.7 Å². The van der Waals surface area contributed by atoms with E-state index in [0.29, 0.717) is 12.4 Å². The third-order valence-corrected chi connectivity index (χ3v) is 1.89. The molecule has 0 amide bonds. The second-order valence-electron chi connectivity index (χ2n) is 2.74. The Morgan fingerprint density at radius 1 is 1.54 bits per heavy atom. The summed E-state index contributed by atoms with van der Waals surface area (Å²) in [6, 6.07) is 3.66. The summed E-state index contributed by atoms with van der Waals surface area (Å²) in [6.45, 7) is 3.67. The molecule has 0 spiro atoms. The molecule has 13 heavy (non-hydrogen) atoms. The molecule has 0 aliphatic heterocycles. The zero-order valence-corrected chi connectivity index (χ0v) is 7.77. The molecule has 0 saturated heterocycles. The standard InChI is InChI=1S/C9H15N3O/c1-2-12(5-6-13)8-3-4-9(10)11-7-8/h3-4,7,13H,2,5-6H2,1H3,(H2,10,11). The first kappa shape index (κ1) is 9.80. The highest BCUT2D eigenvalue weighted by Crippen LogP contribution is 2.12. The molecular weight excluding hydrogens is 166 g/mol. The average Bonchev–Trinajstić information content (AvgIpc) is 2.16. The van der Waals surface area contributed by atoms with Crippen LogP contribution in [0.25, 0.3) is 0 Å². The molecule has 1 aromatic rings. The van der Waals surface area contributed by atoms with Crippen molar-refractivity contribution in [3.8, 4) is 0 Å². The van der Waals surface area contributed by atoms with Crippen LogP contribution in [0.3, 0.4) is 0 Å². The van der Waals surface area contributed by atoms with Crippen molar-refractivity contribution in [3.05, 3.63) is 18.3 Å².